The lowest BCUT2D eigenvalue weighted by molar-refractivity contribution is -0.385. The van der Waals surface area contributed by atoms with E-state index in [9.17, 15) is 29.8 Å². The van der Waals surface area contributed by atoms with Gasteiger partial charge in [-0.2, -0.15) is 0 Å². The van der Waals surface area contributed by atoms with Crippen molar-refractivity contribution in [3.05, 3.63) is 269 Å². The number of nitro benzene ring substituents is 2. The van der Waals surface area contributed by atoms with Crippen LogP contribution in [-0.2, 0) is 62.7 Å². The maximum Gasteiger partial charge on any atom is 0.270 e. The molecule has 1 aliphatic carbocycles. The van der Waals surface area contributed by atoms with Crippen LogP contribution >= 0.6 is 0 Å². The smallest absolute Gasteiger partial charge is 0.270 e. The first kappa shape index (κ1) is 56.8. The van der Waals surface area contributed by atoms with Gasteiger partial charge in [0.2, 0.25) is 0 Å². The Morgan fingerprint density at radius 2 is 0.747 bits per heavy atom. The van der Waals surface area contributed by atoms with Gasteiger partial charge < -0.3 is 43.8 Å². The van der Waals surface area contributed by atoms with E-state index in [2.05, 4.69) is 10.6 Å². The summed E-state index contributed by atoms with van der Waals surface area (Å²) in [4.78, 5) is 53.9. The average molecular weight is 1120 g/mol. The van der Waals surface area contributed by atoms with Crippen molar-refractivity contribution in [1.29, 1.82) is 0 Å². The number of nitro groups is 2. The number of hydrogen-bond donors (Lipinski definition) is 2. The molecule has 2 amide bonds. The third-order valence-electron chi connectivity index (χ3n) is 14.3. The summed E-state index contributed by atoms with van der Waals surface area (Å²) in [5.74, 6) is 0.387. The summed E-state index contributed by atoms with van der Waals surface area (Å²) in [7, 11) is 0. The Labute approximate surface area is 480 Å². The number of nitrogens with one attached hydrogen (secondary N) is 2. The molecular weight excluding hydrogens is 1060 g/mol. The fourth-order valence-corrected chi connectivity index (χ4v) is 10.4. The van der Waals surface area contributed by atoms with Crippen molar-refractivity contribution >= 4 is 23.2 Å². The maximum atomic E-state index is 14.3. The van der Waals surface area contributed by atoms with Crippen molar-refractivity contribution in [3.8, 4) is 23.0 Å². The lowest BCUT2D eigenvalue weighted by atomic mass is 9.90. The van der Waals surface area contributed by atoms with Crippen LogP contribution in [0, 0.1) is 20.2 Å². The number of non-ortho nitro benzene ring substituents is 2. The van der Waals surface area contributed by atoms with Crippen LogP contribution in [0.5, 0.6) is 23.0 Å². The predicted octanol–water partition coefficient (Wildman–Crippen LogP) is 10.9. The summed E-state index contributed by atoms with van der Waals surface area (Å²) in [6.45, 7) is 0.389. The van der Waals surface area contributed by atoms with Crippen molar-refractivity contribution < 1.29 is 52.6 Å². The minimum Gasteiger partial charge on any atom is -0.488 e. The second kappa shape index (κ2) is 27.8. The highest BCUT2D eigenvalue weighted by atomic mass is 16.6. The molecule has 83 heavy (non-hydrogen) atoms. The van der Waals surface area contributed by atoms with E-state index in [-0.39, 0.29) is 101 Å². The Hall–Kier alpha value is -9.42. The SMILES string of the molecule is O=C1COc2c3cc([N+](=O)[O-])cc2Cc2cccc(c2OCc2ccccc2)Cc2cc([N+](=O)[O-])cc(c2OCC(=O)N[C@@H](c2ccccc2)COCCOCCOC[C@H](c2ccccc2)N1)Cc1cccc(c1OCc1ccccc1)C3. The van der Waals surface area contributed by atoms with E-state index in [1.807, 2.05) is 158 Å². The Kier molecular flexibility index (Phi) is 19.1. The highest BCUT2D eigenvalue weighted by Crippen LogP contribution is 2.42. The van der Waals surface area contributed by atoms with Crippen molar-refractivity contribution in [1.82, 2.24) is 10.6 Å². The molecule has 0 unspecified atom stereocenters. The largest absolute Gasteiger partial charge is 0.488 e. The molecule has 8 aromatic carbocycles. The summed E-state index contributed by atoms with van der Waals surface area (Å²) in [6, 6.07) is 53.6. The molecule has 2 atom stereocenters. The van der Waals surface area contributed by atoms with E-state index in [1.54, 1.807) is 0 Å². The molecule has 0 aromatic heterocycles. The Morgan fingerprint density at radius 3 is 1.08 bits per heavy atom. The molecule has 10 bridgehead atoms. The summed E-state index contributed by atoms with van der Waals surface area (Å²) < 4.78 is 45.0. The Bertz CT molecular complexity index is 3210. The predicted molar refractivity (Wildman–Crippen MR) is 310 cm³/mol. The van der Waals surface area contributed by atoms with Crippen LogP contribution in [0.15, 0.2) is 182 Å². The number of carbonyl (C=O) groups is 2. The van der Waals surface area contributed by atoms with Gasteiger partial charge in [0.05, 0.1) is 61.6 Å². The van der Waals surface area contributed by atoms with E-state index in [1.165, 1.54) is 24.3 Å². The van der Waals surface area contributed by atoms with E-state index in [4.69, 9.17) is 33.2 Å². The maximum absolute atomic E-state index is 14.3. The first-order valence-corrected chi connectivity index (χ1v) is 27.4. The van der Waals surface area contributed by atoms with Crippen molar-refractivity contribution in [3.63, 3.8) is 0 Å². The van der Waals surface area contributed by atoms with Gasteiger partial charge in [0, 0.05) is 72.2 Å². The van der Waals surface area contributed by atoms with Gasteiger partial charge in [0.15, 0.2) is 13.2 Å². The summed E-state index contributed by atoms with van der Waals surface area (Å²) in [5, 5.41) is 32.3. The number of ether oxygens (including phenoxy) is 7. The van der Waals surface area contributed by atoms with Crippen molar-refractivity contribution in [2.24, 2.45) is 0 Å². The molecule has 17 nitrogen and oxygen atoms in total. The minimum absolute atomic E-state index is 0.0135. The van der Waals surface area contributed by atoms with Crippen LogP contribution < -0.4 is 29.6 Å². The monoisotopic (exact) mass is 1120 g/mol. The summed E-state index contributed by atoms with van der Waals surface area (Å²) in [6.07, 6.45) is 0.0538. The second-order valence-corrected chi connectivity index (χ2v) is 20.2. The molecule has 0 saturated heterocycles. The van der Waals surface area contributed by atoms with Crippen LogP contribution in [0.2, 0.25) is 0 Å². The van der Waals surface area contributed by atoms with Gasteiger partial charge in [-0.1, -0.05) is 158 Å². The third-order valence-corrected chi connectivity index (χ3v) is 14.3. The number of carbonyl (C=O) groups excluding carboxylic acids is 2. The molecular formula is C66H62N4O13. The quantitative estimate of drug-likeness (QED) is 0.0966. The van der Waals surface area contributed by atoms with Crippen LogP contribution in [0.4, 0.5) is 11.4 Å². The van der Waals surface area contributed by atoms with Crippen molar-refractivity contribution in [2.45, 2.75) is 51.0 Å². The molecule has 0 fully saturated rings. The van der Waals surface area contributed by atoms with Crippen LogP contribution in [0.25, 0.3) is 0 Å². The standard InChI is InChI=1S/C66H62N4O13/c71-61-43-82-65-53-31-49-23-13-24-50(63(49)80-39-45-15-5-1-6-16-45)32-54-36-58(70(75)76)38-56(34-52-26-14-25-51(33-55(65)37-57(35-53)69(73)74)64(52)81-40-46-17-7-2-8-18-46)66(54)83-44-62(72)68-60(48-21-11-4-12-22-48)42-79-30-28-77-27-29-78-41-59(67-61)47-19-9-3-10-20-47/h1-26,35-38,59-60H,27-34,39-44H2,(H,67,71)(H,68,72)/t59-,60-/m1/s1. The van der Waals surface area contributed by atoms with Crippen LogP contribution in [0.3, 0.4) is 0 Å². The lowest BCUT2D eigenvalue weighted by Crippen LogP contribution is -2.35. The van der Waals surface area contributed by atoms with Crippen LogP contribution in [0.1, 0.15) is 78.8 Å². The zero-order chi connectivity index (χ0) is 57.3. The normalized spacial score (nSPS) is 16.4. The molecule has 2 aliphatic rings. The Morgan fingerprint density at radius 1 is 0.422 bits per heavy atom. The molecule has 424 valence electrons. The molecule has 2 N–H and O–H groups in total. The molecule has 1 heterocycles. The van der Waals surface area contributed by atoms with Crippen LogP contribution in [-0.4, -0.2) is 74.5 Å². The number of amides is 2. The molecule has 0 spiro atoms. The summed E-state index contributed by atoms with van der Waals surface area (Å²) in [5.41, 5.74) is 6.84. The topological polar surface area (TPSA) is 209 Å². The lowest BCUT2D eigenvalue weighted by Gasteiger charge is -2.23. The molecule has 10 rings (SSSR count). The highest BCUT2D eigenvalue weighted by Gasteiger charge is 2.28. The Balaban J connectivity index is 1.16. The molecule has 1 aliphatic heterocycles. The van der Waals surface area contributed by atoms with E-state index >= 15 is 0 Å². The fourth-order valence-electron chi connectivity index (χ4n) is 10.4. The summed E-state index contributed by atoms with van der Waals surface area (Å²) >= 11 is 0. The van der Waals surface area contributed by atoms with Gasteiger partial charge in [0.25, 0.3) is 23.2 Å². The van der Waals surface area contributed by atoms with Gasteiger partial charge in [-0.05, 0) is 44.5 Å². The average Bonchev–Trinajstić information content (AvgIpc) is 3.67. The van der Waals surface area contributed by atoms with E-state index in [0.717, 1.165) is 22.3 Å². The van der Waals surface area contributed by atoms with E-state index < -0.39 is 47.0 Å². The molecule has 0 saturated carbocycles. The zero-order valence-electron chi connectivity index (χ0n) is 45.6. The number of rotatable bonds is 10. The fraction of sp³-hybridized carbons (Fsp3) is 0.242. The number of para-hydroxylation sites is 2. The number of hydrogen-bond acceptors (Lipinski definition) is 13. The van der Waals surface area contributed by atoms with E-state index in [0.29, 0.717) is 56.0 Å². The number of nitrogens with zero attached hydrogens (tertiary/aromatic N) is 2. The first-order chi connectivity index (χ1) is 40.6. The van der Waals surface area contributed by atoms with Gasteiger partial charge in [0.1, 0.15) is 36.2 Å². The van der Waals surface area contributed by atoms with Crippen molar-refractivity contribution in [2.75, 3.05) is 52.9 Å². The number of benzene rings is 8. The second-order valence-electron chi connectivity index (χ2n) is 20.2. The molecule has 0 radical (unpaired) electrons. The molecule has 17 heteroatoms. The highest BCUT2D eigenvalue weighted by molar-refractivity contribution is 5.79. The number of fused-ring (bicyclic) bond motifs is 2. The zero-order valence-corrected chi connectivity index (χ0v) is 45.6. The van der Waals surface area contributed by atoms with Gasteiger partial charge in [-0.3, -0.25) is 29.8 Å². The minimum atomic E-state index is -0.590. The van der Waals surface area contributed by atoms with Gasteiger partial charge in [-0.25, -0.2) is 0 Å². The first-order valence-electron chi connectivity index (χ1n) is 27.4. The van der Waals surface area contributed by atoms with Gasteiger partial charge >= 0.3 is 0 Å². The third kappa shape index (κ3) is 15.1. The van der Waals surface area contributed by atoms with Gasteiger partial charge in [-0.15, -0.1) is 0 Å². The molecule has 8 aromatic rings.